The first-order valence-corrected chi connectivity index (χ1v) is 11.9. The molecule has 1 aromatic heterocycles. The SMILES string of the molecule is CC(C)OCCCNC(=O)Cn1cc(S(=O)(=O)Cc2ccccc2F)c2ccccc21. The van der Waals surface area contributed by atoms with Gasteiger partial charge in [0.15, 0.2) is 9.84 Å². The molecule has 0 radical (unpaired) electrons. The fourth-order valence-electron chi connectivity index (χ4n) is 3.32. The number of rotatable bonds is 10. The molecule has 1 heterocycles. The second kappa shape index (κ2) is 10.1. The molecule has 0 aliphatic carbocycles. The van der Waals surface area contributed by atoms with Crippen LogP contribution >= 0.6 is 0 Å². The van der Waals surface area contributed by atoms with Crippen LogP contribution in [0.2, 0.25) is 0 Å². The lowest BCUT2D eigenvalue weighted by molar-refractivity contribution is -0.121. The lowest BCUT2D eigenvalue weighted by Crippen LogP contribution is -2.29. The van der Waals surface area contributed by atoms with Crippen LogP contribution in [-0.2, 0) is 31.7 Å². The van der Waals surface area contributed by atoms with E-state index in [1.807, 2.05) is 13.8 Å². The highest BCUT2D eigenvalue weighted by Crippen LogP contribution is 2.28. The summed E-state index contributed by atoms with van der Waals surface area (Å²) >= 11 is 0. The average molecular weight is 447 g/mol. The van der Waals surface area contributed by atoms with Gasteiger partial charge in [0, 0.05) is 35.8 Å². The van der Waals surface area contributed by atoms with Crippen molar-refractivity contribution in [2.24, 2.45) is 0 Å². The fourth-order valence-corrected chi connectivity index (χ4v) is 4.91. The number of halogens is 1. The van der Waals surface area contributed by atoms with Crippen LogP contribution in [0.3, 0.4) is 0 Å². The van der Waals surface area contributed by atoms with Gasteiger partial charge in [0.25, 0.3) is 0 Å². The summed E-state index contributed by atoms with van der Waals surface area (Å²) in [5.41, 5.74) is 0.744. The van der Waals surface area contributed by atoms with Crippen LogP contribution in [0, 0.1) is 5.82 Å². The summed E-state index contributed by atoms with van der Waals surface area (Å²) in [6.45, 7) is 4.92. The summed E-state index contributed by atoms with van der Waals surface area (Å²) in [4.78, 5) is 12.5. The Balaban J connectivity index is 1.77. The molecular formula is C23H27FN2O4S. The van der Waals surface area contributed by atoms with E-state index in [4.69, 9.17) is 4.74 Å². The van der Waals surface area contributed by atoms with Gasteiger partial charge < -0.3 is 14.6 Å². The van der Waals surface area contributed by atoms with E-state index in [-0.39, 0.29) is 29.0 Å². The number of carbonyl (C=O) groups excluding carboxylic acids is 1. The Labute approximate surface area is 181 Å². The number of carbonyl (C=O) groups is 1. The minimum absolute atomic E-state index is 0.0131. The second-order valence-electron chi connectivity index (χ2n) is 7.61. The van der Waals surface area contributed by atoms with Crippen LogP contribution in [0.1, 0.15) is 25.8 Å². The van der Waals surface area contributed by atoms with Gasteiger partial charge in [0.2, 0.25) is 5.91 Å². The number of nitrogens with one attached hydrogen (secondary N) is 1. The van der Waals surface area contributed by atoms with Crippen molar-refractivity contribution in [3.63, 3.8) is 0 Å². The third kappa shape index (κ3) is 5.92. The summed E-state index contributed by atoms with van der Waals surface area (Å²) in [5.74, 6) is -1.23. The Hall–Kier alpha value is -2.71. The summed E-state index contributed by atoms with van der Waals surface area (Å²) in [7, 11) is -3.82. The van der Waals surface area contributed by atoms with Crippen molar-refractivity contribution in [2.45, 2.75) is 43.6 Å². The molecule has 166 valence electrons. The van der Waals surface area contributed by atoms with Crippen molar-refractivity contribution in [2.75, 3.05) is 13.2 Å². The molecule has 0 fully saturated rings. The molecule has 3 rings (SSSR count). The molecule has 0 aliphatic heterocycles. The maximum Gasteiger partial charge on any atom is 0.239 e. The first-order chi connectivity index (χ1) is 14.8. The van der Waals surface area contributed by atoms with Gasteiger partial charge in [0.05, 0.1) is 16.8 Å². The van der Waals surface area contributed by atoms with Crippen LogP contribution in [0.5, 0.6) is 0 Å². The van der Waals surface area contributed by atoms with Crippen molar-refractivity contribution < 1.29 is 22.3 Å². The molecule has 3 aromatic rings. The highest BCUT2D eigenvalue weighted by Gasteiger charge is 2.23. The number of fused-ring (bicyclic) bond motifs is 1. The molecular weight excluding hydrogens is 419 g/mol. The molecule has 8 heteroatoms. The summed E-state index contributed by atoms with van der Waals surface area (Å²) in [6, 6.07) is 12.8. The van der Waals surface area contributed by atoms with Crippen LogP contribution in [0.4, 0.5) is 4.39 Å². The van der Waals surface area contributed by atoms with Gasteiger partial charge in [0.1, 0.15) is 12.4 Å². The monoisotopic (exact) mass is 446 g/mol. The predicted molar refractivity (Wildman–Crippen MR) is 118 cm³/mol. The van der Waals surface area contributed by atoms with Crippen molar-refractivity contribution in [1.29, 1.82) is 0 Å². The zero-order chi connectivity index (χ0) is 22.4. The van der Waals surface area contributed by atoms with Crippen LogP contribution in [0.25, 0.3) is 10.9 Å². The van der Waals surface area contributed by atoms with E-state index >= 15 is 0 Å². The minimum Gasteiger partial charge on any atom is -0.379 e. The Morgan fingerprint density at radius 3 is 2.58 bits per heavy atom. The first kappa shape index (κ1) is 23.0. The second-order valence-corrected chi connectivity index (χ2v) is 9.57. The summed E-state index contributed by atoms with van der Waals surface area (Å²) in [5, 5.41) is 3.34. The molecule has 1 N–H and O–H groups in total. The van der Waals surface area contributed by atoms with Crippen LogP contribution in [-0.4, -0.2) is 38.1 Å². The molecule has 0 unspecified atom stereocenters. The number of sulfone groups is 1. The quantitative estimate of drug-likeness (QED) is 0.482. The summed E-state index contributed by atoms with van der Waals surface area (Å²) in [6.07, 6.45) is 2.30. The van der Waals surface area contributed by atoms with E-state index in [2.05, 4.69) is 5.32 Å². The Morgan fingerprint density at radius 2 is 1.84 bits per heavy atom. The predicted octanol–water partition coefficient (Wildman–Crippen LogP) is 3.69. The van der Waals surface area contributed by atoms with Crippen molar-refractivity contribution >= 4 is 26.6 Å². The van der Waals surface area contributed by atoms with E-state index in [0.717, 1.165) is 0 Å². The Bertz CT molecular complexity index is 1160. The number of hydrogen-bond acceptors (Lipinski definition) is 4. The van der Waals surface area contributed by atoms with Crippen LogP contribution in [0.15, 0.2) is 59.6 Å². The number of nitrogens with zero attached hydrogens (tertiary/aromatic N) is 1. The lowest BCUT2D eigenvalue weighted by atomic mass is 10.2. The third-order valence-corrected chi connectivity index (χ3v) is 6.49. The maximum absolute atomic E-state index is 14.0. The third-order valence-electron chi connectivity index (χ3n) is 4.80. The van der Waals surface area contributed by atoms with E-state index in [1.165, 1.54) is 24.4 Å². The van der Waals surface area contributed by atoms with Gasteiger partial charge in [-0.05, 0) is 32.4 Å². The number of hydrogen-bond donors (Lipinski definition) is 1. The Kier molecular flexibility index (Phi) is 7.46. The van der Waals surface area contributed by atoms with E-state index in [1.54, 1.807) is 34.9 Å². The topological polar surface area (TPSA) is 77.4 Å². The van der Waals surface area contributed by atoms with E-state index in [0.29, 0.717) is 30.5 Å². The Morgan fingerprint density at radius 1 is 1.13 bits per heavy atom. The highest BCUT2D eigenvalue weighted by molar-refractivity contribution is 7.90. The molecule has 0 spiro atoms. The smallest absolute Gasteiger partial charge is 0.239 e. The van der Waals surface area contributed by atoms with E-state index < -0.39 is 21.4 Å². The number of amides is 1. The van der Waals surface area contributed by atoms with Gasteiger partial charge in [-0.15, -0.1) is 0 Å². The first-order valence-electron chi connectivity index (χ1n) is 10.2. The molecule has 0 atom stereocenters. The van der Waals surface area contributed by atoms with Crippen molar-refractivity contribution in [3.8, 4) is 0 Å². The van der Waals surface area contributed by atoms with E-state index in [9.17, 15) is 17.6 Å². The zero-order valence-electron chi connectivity index (χ0n) is 17.7. The zero-order valence-corrected chi connectivity index (χ0v) is 18.5. The van der Waals surface area contributed by atoms with Gasteiger partial charge in [-0.25, -0.2) is 12.8 Å². The largest absolute Gasteiger partial charge is 0.379 e. The number of ether oxygens (including phenoxy) is 1. The van der Waals surface area contributed by atoms with Crippen LogP contribution < -0.4 is 5.32 Å². The summed E-state index contributed by atoms with van der Waals surface area (Å²) < 4.78 is 47.2. The average Bonchev–Trinajstić information content (AvgIpc) is 3.09. The molecule has 0 aliphatic rings. The maximum atomic E-state index is 14.0. The number of para-hydroxylation sites is 1. The molecule has 31 heavy (non-hydrogen) atoms. The van der Waals surface area contributed by atoms with Gasteiger partial charge in [-0.1, -0.05) is 36.4 Å². The van der Waals surface area contributed by atoms with Gasteiger partial charge in [-0.2, -0.15) is 0 Å². The highest BCUT2D eigenvalue weighted by atomic mass is 32.2. The van der Waals surface area contributed by atoms with Crippen molar-refractivity contribution in [3.05, 3.63) is 66.1 Å². The molecule has 0 saturated heterocycles. The molecule has 0 saturated carbocycles. The number of benzene rings is 2. The molecule has 2 aromatic carbocycles. The molecule has 1 amide bonds. The fraction of sp³-hybridized carbons (Fsp3) is 0.348. The molecule has 6 nitrogen and oxygen atoms in total. The minimum atomic E-state index is -3.82. The standard InChI is InChI=1S/C23H27FN2O4S/c1-17(2)30-13-7-12-25-23(27)15-26-14-22(19-9-4-6-11-21(19)26)31(28,29)16-18-8-3-5-10-20(18)24/h3-6,8-11,14,17H,7,12-13,15-16H2,1-2H3,(H,25,27). The van der Waals surface area contributed by atoms with Gasteiger partial charge in [-0.3, -0.25) is 4.79 Å². The van der Waals surface area contributed by atoms with Gasteiger partial charge >= 0.3 is 0 Å². The number of aromatic nitrogens is 1. The van der Waals surface area contributed by atoms with Crippen molar-refractivity contribution in [1.82, 2.24) is 9.88 Å². The lowest BCUT2D eigenvalue weighted by Gasteiger charge is -2.09. The normalized spacial score (nSPS) is 11.9. The molecule has 0 bridgehead atoms.